The van der Waals surface area contributed by atoms with Gasteiger partial charge in [0.15, 0.2) is 0 Å². The number of hydrogen-bond donors (Lipinski definition) is 2. The molecular formula is C27H35NO2S. The molecule has 3 nitrogen and oxygen atoms in total. The van der Waals surface area contributed by atoms with Crippen LogP contribution < -0.4 is 5.32 Å². The lowest BCUT2D eigenvalue weighted by Gasteiger charge is -2.33. The van der Waals surface area contributed by atoms with Gasteiger partial charge >= 0.3 is 5.97 Å². The van der Waals surface area contributed by atoms with Crippen molar-refractivity contribution in [2.24, 2.45) is 17.8 Å². The molecule has 0 spiro atoms. The van der Waals surface area contributed by atoms with Crippen LogP contribution in [0, 0.1) is 17.8 Å². The fourth-order valence-corrected chi connectivity index (χ4v) is 6.79. The Morgan fingerprint density at radius 3 is 2.68 bits per heavy atom. The van der Waals surface area contributed by atoms with E-state index in [1.807, 2.05) is 17.8 Å². The third kappa shape index (κ3) is 4.64. The maximum absolute atomic E-state index is 11.3. The Bertz CT molecular complexity index is 929. The number of nitrogens with one attached hydrogen (secondary N) is 1. The topological polar surface area (TPSA) is 49.3 Å². The molecule has 4 unspecified atom stereocenters. The zero-order valence-corrected chi connectivity index (χ0v) is 20.0. The minimum Gasteiger partial charge on any atom is -0.478 e. The molecule has 1 fully saturated rings. The van der Waals surface area contributed by atoms with Crippen molar-refractivity contribution >= 4 is 17.7 Å². The maximum Gasteiger partial charge on any atom is 0.335 e. The molecule has 0 saturated heterocycles. The Morgan fingerprint density at radius 2 is 2.10 bits per heavy atom. The molecule has 1 aliphatic heterocycles. The third-order valence-corrected chi connectivity index (χ3v) is 8.58. The summed E-state index contributed by atoms with van der Waals surface area (Å²) in [5.74, 6) is 0.578. The lowest BCUT2D eigenvalue weighted by molar-refractivity contribution is -0.132. The van der Waals surface area contributed by atoms with Crippen LogP contribution in [0.15, 0.2) is 69.9 Å². The standard InChI is InChI=1S/C27H35NO2S/c1-5-24(28-27(13-14-27)22-11-9-21(10-12-22)26(29)30)25-19(4)31-18(3)23(25)16-20-8-6-7-17(2)15-20/h5-11,17,19,22,25,28H,12-16H2,1-4H3,(H,29,30). The number of carbonyl (C=O) groups is 1. The molecule has 31 heavy (non-hydrogen) atoms. The number of thioether (sulfide) groups is 1. The molecule has 0 aromatic carbocycles. The van der Waals surface area contributed by atoms with Gasteiger partial charge in [-0.3, -0.25) is 0 Å². The number of carboxylic acid groups (broad SMARTS) is 1. The zero-order chi connectivity index (χ0) is 22.2. The molecule has 0 aromatic heterocycles. The summed E-state index contributed by atoms with van der Waals surface area (Å²) in [5.41, 5.74) is 4.97. The summed E-state index contributed by atoms with van der Waals surface area (Å²) in [4.78, 5) is 12.7. The van der Waals surface area contributed by atoms with Crippen LogP contribution in [0.3, 0.4) is 0 Å². The van der Waals surface area contributed by atoms with Gasteiger partial charge in [0.25, 0.3) is 0 Å². The van der Waals surface area contributed by atoms with Gasteiger partial charge in [0.2, 0.25) is 0 Å². The predicted molar refractivity (Wildman–Crippen MR) is 131 cm³/mol. The molecule has 0 radical (unpaired) electrons. The van der Waals surface area contributed by atoms with E-state index in [4.69, 9.17) is 0 Å². The van der Waals surface area contributed by atoms with Gasteiger partial charge in [0, 0.05) is 28.3 Å². The van der Waals surface area contributed by atoms with Gasteiger partial charge < -0.3 is 10.4 Å². The molecule has 3 aliphatic carbocycles. The van der Waals surface area contributed by atoms with Gasteiger partial charge in [-0.2, -0.15) is 0 Å². The van der Waals surface area contributed by atoms with Crippen LogP contribution in [0.25, 0.3) is 0 Å². The second-order valence-corrected chi connectivity index (χ2v) is 11.2. The van der Waals surface area contributed by atoms with Gasteiger partial charge in [-0.25, -0.2) is 4.79 Å². The summed E-state index contributed by atoms with van der Waals surface area (Å²) in [6, 6.07) is 0. The molecule has 2 N–H and O–H groups in total. The van der Waals surface area contributed by atoms with E-state index in [2.05, 4.69) is 63.4 Å². The highest BCUT2D eigenvalue weighted by Crippen LogP contribution is 2.51. The van der Waals surface area contributed by atoms with Crippen molar-refractivity contribution in [3.8, 4) is 0 Å². The summed E-state index contributed by atoms with van der Waals surface area (Å²) in [7, 11) is 0. The average Bonchev–Trinajstić information content (AvgIpc) is 3.47. The molecule has 1 heterocycles. The number of aliphatic carboxylic acids is 1. The fourth-order valence-electron chi connectivity index (χ4n) is 5.44. The third-order valence-electron chi connectivity index (χ3n) is 7.32. The van der Waals surface area contributed by atoms with E-state index in [1.54, 1.807) is 17.2 Å². The number of allylic oxidation sites excluding steroid dienone is 8. The van der Waals surface area contributed by atoms with E-state index in [1.165, 1.54) is 10.6 Å². The maximum atomic E-state index is 11.3. The molecule has 1 saturated carbocycles. The quantitative estimate of drug-likeness (QED) is 0.475. The monoisotopic (exact) mass is 437 g/mol. The van der Waals surface area contributed by atoms with E-state index in [-0.39, 0.29) is 5.54 Å². The van der Waals surface area contributed by atoms with E-state index >= 15 is 0 Å². The van der Waals surface area contributed by atoms with Gasteiger partial charge in [-0.05, 0) is 62.3 Å². The Labute approximate surface area is 191 Å². The highest BCUT2D eigenvalue weighted by molar-refractivity contribution is 8.03. The Morgan fingerprint density at radius 1 is 1.32 bits per heavy atom. The summed E-state index contributed by atoms with van der Waals surface area (Å²) >= 11 is 2.02. The highest BCUT2D eigenvalue weighted by Gasteiger charge is 2.50. The summed E-state index contributed by atoms with van der Waals surface area (Å²) in [6.07, 6.45) is 20.2. The summed E-state index contributed by atoms with van der Waals surface area (Å²) < 4.78 is 0. The molecule has 4 aliphatic rings. The first-order valence-electron chi connectivity index (χ1n) is 11.6. The lowest BCUT2D eigenvalue weighted by atomic mass is 9.83. The molecule has 4 heteroatoms. The van der Waals surface area contributed by atoms with Crippen LogP contribution in [-0.4, -0.2) is 21.9 Å². The minimum atomic E-state index is -0.829. The van der Waals surface area contributed by atoms with Crippen molar-refractivity contribution in [2.45, 2.75) is 70.6 Å². The lowest BCUT2D eigenvalue weighted by Crippen LogP contribution is -2.41. The smallest absolute Gasteiger partial charge is 0.335 e. The van der Waals surface area contributed by atoms with Crippen LogP contribution in [0.1, 0.15) is 59.8 Å². The van der Waals surface area contributed by atoms with Crippen LogP contribution in [0.5, 0.6) is 0 Å². The summed E-state index contributed by atoms with van der Waals surface area (Å²) in [6.45, 7) is 9.11. The normalized spacial score (nSPS) is 32.1. The van der Waals surface area contributed by atoms with E-state index in [0.717, 1.165) is 32.1 Å². The highest BCUT2D eigenvalue weighted by atomic mass is 32.2. The Kier molecular flexibility index (Phi) is 6.39. The van der Waals surface area contributed by atoms with Crippen LogP contribution in [-0.2, 0) is 4.79 Å². The molecule has 0 bridgehead atoms. The molecule has 0 aromatic rings. The van der Waals surface area contributed by atoms with Gasteiger partial charge in [0.1, 0.15) is 0 Å². The summed E-state index contributed by atoms with van der Waals surface area (Å²) in [5, 5.41) is 13.8. The van der Waals surface area contributed by atoms with Crippen molar-refractivity contribution in [1.29, 1.82) is 0 Å². The SMILES string of the molecule is CC=C(NC1(C2C=CC(C(=O)O)=CC2)CC1)C1C(CC2=CC=CC(C)C2)=C(C)SC1C. The van der Waals surface area contributed by atoms with E-state index in [0.29, 0.717) is 28.6 Å². The average molecular weight is 438 g/mol. The number of rotatable bonds is 7. The molecule has 4 rings (SSSR count). The van der Waals surface area contributed by atoms with Crippen LogP contribution >= 0.6 is 11.8 Å². The van der Waals surface area contributed by atoms with Gasteiger partial charge in [-0.15, -0.1) is 11.8 Å². The molecule has 4 atom stereocenters. The van der Waals surface area contributed by atoms with E-state index in [9.17, 15) is 9.90 Å². The minimum absolute atomic E-state index is 0.0756. The largest absolute Gasteiger partial charge is 0.478 e. The second-order valence-electron chi connectivity index (χ2n) is 9.64. The Balaban J connectivity index is 1.50. The van der Waals surface area contributed by atoms with Gasteiger partial charge in [0.05, 0.1) is 5.57 Å². The van der Waals surface area contributed by atoms with Crippen molar-refractivity contribution in [2.75, 3.05) is 0 Å². The molecule has 0 amide bonds. The molecular weight excluding hydrogens is 402 g/mol. The predicted octanol–water partition coefficient (Wildman–Crippen LogP) is 6.54. The first-order valence-corrected chi connectivity index (χ1v) is 12.5. The number of hydrogen-bond acceptors (Lipinski definition) is 3. The van der Waals surface area contributed by atoms with Gasteiger partial charge in [-0.1, -0.05) is 62.0 Å². The van der Waals surface area contributed by atoms with Crippen LogP contribution in [0.2, 0.25) is 0 Å². The number of carboxylic acids is 1. The van der Waals surface area contributed by atoms with Crippen molar-refractivity contribution in [3.63, 3.8) is 0 Å². The van der Waals surface area contributed by atoms with Crippen LogP contribution in [0.4, 0.5) is 0 Å². The van der Waals surface area contributed by atoms with Crippen molar-refractivity contribution in [1.82, 2.24) is 5.32 Å². The fraction of sp³-hybridized carbons (Fsp3) is 0.519. The zero-order valence-electron chi connectivity index (χ0n) is 19.2. The Hall–Kier alpha value is -1.94. The first kappa shape index (κ1) is 22.3. The molecule has 166 valence electrons. The van der Waals surface area contributed by atoms with Crippen molar-refractivity contribution in [3.05, 3.63) is 69.9 Å². The second kappa shape index (κ2) is 8.90. The van der Waals surface area contributed by atoms with Crippen molar-refractivity contribution < 1.29 is 9.90 Å². The first-order chi connectivity index (χ1) is 14.8. The van der Waals surface area contributed by atoms with E-state index < -0.39 is 5.97 Å².